The number of hydrogen-bond donors (Lipinski definition) is 0. The zero-order valence-electron chi connectivity index (χ0n) is 14.9. The SMILES string of the molecule is COCCc1nc(-c2cc(C)nc3c2c(C)nn3C)n(CC(F)(F)F)n1. The molecule has 0 saturated carbocycles. The lowest BCUT2D eigenvalue weighted by Gasteiger charge is -2.10. The number of aromatic nitrogens is 6. The van der Waals surface area contributed by atoms with Gasteiger partial charge in [0.15, 0.2) is 17.3 Å². The third-order valence-corrected chi connectivity index (χ3v) is 3.91. The van der Waals surface area contributed by atoms with Crippen molar-refractivity contribution >= 4 is 11.0 Å². The van der Waals surface area contributed by atoms with Gasteiger partial charge in [-0.15, -0.1) is 0 Å². The van der Waals surface area contributed by atoms with Crippen molar-refractivity contribution in [3.05, 3.63) is 23.3 Å². The van der Waals surface area contributed by atoms with Crippen molar-refractivity contribution in [2.24, 2.45) is 7.05 Å². The van der Waals surface area contributed by atoms with Crippen LogP contribution in [-0.4, -0.2) is 49.4 Å². The number of aryl methyl sites for hydroxylation is 3. The Bertz CT molecular complexity index is 944. The molecule has 0 aliphatic rings. The molecule has 140 valence electrons. The number of pyridine rings is 1. The van der Waals surface area contributed by atoms with Gasteiger partial charge < -0.3 is 4.74 Å². The summed E-state index contributed by atoms with van der Waals surface area (Å²) >= 11 is 0. The molecule has 0 spiro atoms. The Kier molecular flexibility index (Phi) is 4.70. The second kappa shape index (κ2) is 6.67. The Morgan fingerprint density at radius 2 is 1.88 bits per heavy atom. The molecule has 0 bridgehead atoms. The first kappa shape index (κ1) is 18.3. The van der Waals surface area contributed by atoms with Crippen molar-refractivity contribution in [2.75, 3.05) is 13.7 Å². The average Bonchev–Trinajstić information content (AvgIpc) is 3.04. The summed E-state index contributed by atoms with van der Waals surface area (Å²) in [5, 5.41) is 9.05. The predicted molar refractivity (Wildman–Crippen MR) is 88.6 cm³/mol. The van der Waals surface area contributed by atoms with E-state index in [1.165, 1.54) is 7.11 Å². The van der Waals surface area contributed by atoms with Gasteiger partial charge in [0.05, 0.1) is 17.7 Å². The van der Waals surface area contributed by atoms with Crippen LogP contribution in [0.25, 0.3) is 22.4 Å². The van der Waals surface area contributed by atoms with E-state index >= 15 is 0 Å². The van der Waals surface area contributed by atoms with Gasteiger partial charge in [-0.2, -0.15) is 23.4 Å². The van der Waals surface area contributed by atoms with Gasteiger partial charge in [0, 0.05) is 31.8 Å². The van der Waals surface area contributed by atoms with Crippen molar-refractivity contribution in [2.45, 2.75) is 33.0 Å². The number of nitrogens with zero attached hydrogens (tertiary/aromatic N) is 6. The standard InChI is InChI=1S/C16H19F3N6O/c1-9-7-11(13-10(2)22-24(3)15(13)20-9)14-21-12(5-6-26-4)23-25(14)8-16(17,18)19/h7H,5-6,8H2,1-4H3. The summed E-state index contributed by atoms with van der Waals surface area (Å²) in [5.41, 5.74) is 2.47. The molecule has 3 aromatic heterocycles. The molecule has 3 aromatic rings. The molecule has 3 heterocycles. The van der Waals surface area contributed by atoms with Crippen LogP contribution in [0.5, 0.6) is 0 Å². The Balaban J connectivity index is 2.22. The molecule has 0 unspecified atom stereocenters. The number of halogens is 3. The van der Waals surface area contributed by atoms with Gasteiger partial charge in [-0.1, -0.05) is 0 Å². The van der Waals surface area contributed by atoms with Gasteiger partial charge in [-0.3, -0.25) is 4.68 Å². The first-order valence-electron chi connectivity index (χ1n) is 8.00. The Morgan fingerprint density at radius 1 is 1.15 bits per heavy atom. The van der Waals surface area contributed by atoms with Gasteiger partial charge in [-0.25, -0.2) is 14.6 Å². The highest BCUT2D eigenvalue weighted by atomic mass is 19.4. The van der Waals surface area contributed by atoms with Gasteiger partial charge in [0.25, 0.3) is 0 Å². The predicted octanol–water partition coefficient (Wildman–Crippen LogP) is 2.59. The van der Waals surface area contributed by atoms with E-state index in [0.29, 0.717) is 46.8 Å². The minimum atomic E-state index is -4.41. The van der Waals surface area contributed by atoms with Gasteiger partial charge in [0.2, 0.25) is 0 Å². The summed E-state index contributed by atoms with van der Waals surface area (Å²) in [6.45, 7) is 2.68. The second-order valence-electron chi connectivity index (χ2n) is 6.09. The van der Waals surface area contributed by atoms with Crippen molar-refractivity contribution in [3.63, 3.8) is 0 Å². The average molecular weight is 368 g/mol. The topological polar surface area (TPSA) is 70.7 Å². The summed E-state index contributed by atoms with van der Waals surface area (Å²) in [5.74, 6) is 0.454. The third kappa shape index (κ3) is 3.55. The fraction of sp³-hybridized carbons (Fsp3) is 0.500. The molecular formula is C16H19F3N6O. The first-order chi connectivity index (χ1) is 12.2. The Hall–Kier alpha value is -2.49. The lowest BCUT2D eigenvalue weighted by atomic mass is 10.1. The maximum Gasteiger partial charge on any atom is 0.408 e. The molecule has 10 heteroatoms. The highest BCUT2D eigenvalue weighted by Gasteiger charge is 2.31. The van der Waals surface area contributed by atoms with E-state index in [9.17, 15) is 13.2 Å². The summed E-state index contributed by atoms with van der Waals surface area (Å²) in [6.07, 6.45) is -4.08. The normalized spacial score (nSPS) is 12.3. The van der Waals surface area contributed by atoms with Gasteiger partial charge in [-0.05, 0) is 19.9 Å². The largest absolute Gasteiger partial charge is 0.408 e. The zero-order valence-corrected chi connectivity index (χ0v) is 14.9. The monoisotopic (exact) mass is 368 g/mol. The number of methoxy groups -OCH3 is 1. The molecular weight excluding hydrogens is 349 g/mol. The van der Waals surface area contributed by atoms with Crippen molar-refractivity contribution in [3.8, 4) is 11.4 Å². The fourth-order valence-corrected chi connectivity index (χ4v) is 2.91. The van der Waals surface area contributed by atoms with Gasteiger partial charge in [0.1, 0.15) is 6.54 Å². The molecule has 3 rings (SSSR count). The Morgan fingerprint density at radius 3 is 2.54 bits per heavy atom. The summed E-state index contributed by atoms with van der Waals surface area (Å²) < 4.78 is 46.6. The van der Waals surface area contributed by atoms with Crippen LogP contribution in [0.1, 0.15) is 17.2 Å². The number of fused-ring (bicyclic) bond motifs is 1. The molecule has 0 radical (unpaired) electrons. The van der Waals surface area contributed by atoms with Crippen LogP contribution in [-0.2, 0) is 24.8 Å². The molecule has 0 aliphatic heterocycles. The maximum absolute atomic E-state index is 13.0. The zero-order chi connectivity index (χ0) is 19.1. The van der Waals surface area contributed by atoms with Crippen molar-refractivity contribution in [1.29, 1.82) is 0 Å². The van der Waals surface area contributed by atoms with E-state index in [1.807, 2.05) is 0 Å². The third-order valence-electron chi connectivity index (χ3n) is 3.91. The highest BCUT2D eigenvalue weighted by molar-refractivity contribution is 5.93. The van der Waals surface area contributed by atoms with Crippen LogP contribution >= 0.6 is 0 Å². The minimum absolute atomic E-state index is 0.153. The summed E-state index contributed by atoms with van der Waals surface area (Å²) in [6, 6.07) is 1.72. The van der Waals surface area contributed by atoms with E-state index in [-0.39, 0.29) is 5.82 Å². The van der Waals surface area contributed by atoms with Crippen LogP contribution < -0.4 is 0 Å². The summed E-state index contributed by atoms with van der Waals surface area (Å²) in [7, 11) is 3.26. The summed E-state index contributed by atoms with van der Waals surface area (Å²) in [4.78, 5) is 8.79. The molecule has 0 N–H and O–H groups in total. The van der Waals surface area contributed by atoms with Crippen molar-refractivity contribution in [1.82, 2.24) is 29.5 Å². The number of alkyl halides is 3. The smallest absolute Gasteiger partial charge is 0.384 e. The molecule has 0 fully saturated rings. The van der Waals surface area contributed by atoms with Crippen LogP contribution in [0.4, 0.5) is 13.2 Å². The molecule has 7 nitrogen and oxygen atoms in total. The second-order valence-corrected chi connectivity index (χ2v) is 6.09. The number of ether oxygens (including phenoxy) is 1. The first-order valence-corrected chi connectivity index (χ1v) is 8.00. The molecule has 0 amide bonds. The molecule has 0 atom stereocenters. The molecule has 0 aliphatic carbocycles. The van der Waals surface area contributed by atoms with E-state index in [4.69, 9.17) is 4.74 Å². The van der Waals surface area contributed by atoms with E-state index < -0.39 is 12.7 Å². The molecule has 0 aromatic carbocycles. The van der Waals surface area contributed by atoms with E-state index in [2.05, 4.69) is 20.2 Å². The van der Waals surface area contributed by atoms with Crippen LogP contribution in [0.15, 0.2) is 6.07 Å². The van der Waals surface area contributed by atoms with Crippen molar-refractivity contribution < 1.29 is 17.9 Å². The lowest BCUT2D eigenvalue weighted by molar-refractivity contribution is -0.142. The lowest BCUT2D eigenvalue weighted by Crippen LogP contribution is -2.19. The minimum Gasteiger partial charge on any atom is -0.384 e. The van der Waals surface area contributed by atoms with E-state index in [1.54, 1.807) is 31.6 Å². The van der Waals surface area contributed by atoms with Gasteiger partial charge >= 0.3 is 6.18 Å². The quantitative estimate of drug-likeness (QED) is 0.692. The highest BCUT2D eigenvalue weighted by Crippen LogP contribution is 2.31. The molecule has 0 saturated heterocycles. The Labute approximate surface area is 147 Å². The number of rotatable bonds is 5. The maximum atomic E-state index is 13.0. The molecule has 26 heavy (non-hydrogen) atoms. The van der Waals surface area contributed by atoms with Crippen LogP contribution in [0, 0.1) is 13.8 Å². The van der Waals surface area contributed by atoms with E-state index in [0.717, 1.165) is 4.68 Å². The fourth-order valence-electron chi connectivity index (χ4n) is 2.91. The number of hydrogen-bond acceptors (Lipinski definition) is 5. The van der Waals surface area contributed by atoms with Crippen LogP contribution in [0.2, 0.25) is 0 Å². The van der Waals surface area contributed by atoms with Crippen LogP contribution in [0.3, 0.4) is 0 Å².